The van der Waals surface area contributed by atoms with E-state index < -0.39 is 11.7 Å². The molecule has 0 spiro atoms. The minimum atomic E-state index is -4.34. The number of ether oxygens (including phenoxy) is 1. The third-order valence-corrected chi connectivity index (χ3v) is 3.56. The first-order valence-corrected chi connectivity index (χ1v) is 6.54. The predicted molar refractivity (Wildman–Crippen MR) is 73.7 cm³/mol. The average Bonchev–Trinajstić information content (AvgIpc) is 3.07. The molecule has 1 aromatic carbocycles. The molecule has 0 saturated heterocycles. The van der Waals surface area contributed by atoms with Crippen molar-refractivity contribution in [1.29, 1.82) is 0 Å². The fraction of sp³-hybridized carbons (Fsp3) is 0.286. The van der Waals surface area contributed by atoms with Crippen LogP contribution >= 0.6 is 0 Å². The van der Waals surface area contributed by atoms with Crippen LogP contribution in [0, 0.1) is 0 Å². The number of alkyl halides is 3. The zero-order valence-corrected chi connectivity index (χ0v) is 11.8. The molecule has 3 rings (SSSR count). The Bertz CT molecular complexity index is 789. The number of fused-ring (bicyclic) bond motifs is 1. The number of aromatic nitrogens is 4. The second-order valence-electron chi connectivity index (χ2n) is 4.88. The molecule has 0 bridgehead atoms. The summed E-state index contributed by atoms with van der Waals surface area (Å²) < 4.78 is 44.7. The molecule has 116 valence electrons. The predicted octanol–water partition coefficient (Wildman–Crippen LogP) is 3.40. The standard InChI is InChI=1S/C14H13F3N4O/c1-8(9-3-5-10(6-4-9)14(15,16)17)21-12-11(7-18-21)19-20-13(12)22-2/h3-8H,1-2H3,(H,19,20)/t8-/m0/s1. The molecule has 8 heteroatoms. The number of nitrogens with zero attached hydrogens (tertiary/aromatic N) is 3. The van der Waals surface area contributed by atoms with Gasteiger partial charge in [0.25, 0.3) is 5.88 Å². The third kappa shape index (κ3) is 2.30. The molecule has 0 radical (unpaired) electrons. The van der Waals surface area contributed by atoms with Crippen molar-refractivity contribution >= 4 is 11.0 Å². The van der Waals surface area contributed by atoms with E-state index in [1.807, 2.05) is 6.92 Å². The van der Waals surface area contributed by atoms with Gasteiger partial charge in [-0.05, 0) is 24.6 Å². The van der Waals surface area contributed by atoms with E-state index in [1.165, 1.54) is 19.2 Å². The van der Waals surface area contributed by atoms with Crippen LogP contribution in [0.4, 0.5) is 13.2 Å². The Hall–Kier alpha value is -2.51. The molecular weight excluding hydrogens is 297 g/mol. The molecule has 2 aromatic heterocycles. The Kier molecular flexibility index (Phi) is 3.31. The van der Waals surface area contributed by atoms with E-state index >= 15 is 0 Å². The summed E-state index contributed by atoms with van der Waals surface area (Å²) in [6.45, 7) is 1.85. The van der Waals surface area contributed by atoms with Crippen molar-refractivity contribution in [3.8, 4) is 5.88 Å². The van der Waals surface area contributed by atoms with E-state index in [9.17, 15) is 13.2 Å². The van der Waals surface area contributed by atoms with Crippen molar-refractivity contribution in [2.75, 3.05) is 7.11 Å². The van der Waals surface area contributed by atoms with Gasteiger partial charge in [-0.3, -0.25) is 9.78 Å². The molecule has 0 aliphatic rings. The maximum atomic E-state index is 12.6. The maximum absolute atomic E-state index is 12.6. The average molecular weight is 310 g/mol. The highest BCUT2D eigenvalue weighted by atomic mass is 19.4. The lowest BCUT2D eigenvalue weighted by Crippen LogP contribution is -2.10. The molecule has 22 heavy (non-hydrogen) atoms. The SMILES string of the molecule is COc1n[nH]c2cnn([C@@H](C)c3ccc(C(F)(F)F)cc3)c12. The van der Waals surface area contributed by atoms with Gasteiger partial charge >= 0.3 is 6.18 Å². The summed E-state index contributed by atoms with van der Waals surface area (Å²) >= 11 is 0. The number of aromatic amines is 1. The minimum absolute atomic E-state index is 0.258. The van der Waals surface area contributed by atoms with Crippen LogP contribution in [0.25, 0.3) is 11.0 Å². The van der Waals surface area contributed by atoms with Gasteiger partial charge in [-0.2, -0.15) is 18.3 Å². The lowest BCUT2D eigenvalue weighted by Gasteiger charge is -2.15. The molecule has 5 nitrogen and oxygen atoms in total. The summed E-state index contributed by atoms with van der Waals surface area (Å²) in [5, 5.41) is 11.0. The Labute approximate surface area is 123 Å². The van der Waals surface area contributed by atoms with Gasteiger partial charge < -0.3 is 4.74 Å². The second kappa shape index (κ2) is 5.04. The number of hydrogen-bond acceptors (Lipinski definition) is 3. The molecule has 2 heterocycles. The Morgan fingerprint density at radius 2 is 1.91 bits per heavy atom. The first kappa shape index (κ1) is 14.4. The van der Waals surface area contributed by atoms with Crippen molar-refractivity contribution in [3.63, 3.8) is 0 Å². The number of hydrogen-bond donors (Lipinski definition) is 1. The summed E-state index contributed by atoms with van der Waals surface area (Å²) in [5.41, 5.74) is 1.42. The Balaban J connectivity index is 1.99. The van der Waals surface area contributed by atoms with Crippen LogP contribution in [0.5, 0.6) is 5.88 Å². The number of benzene rings is 1. The summed E-state index contributed by atoms with van der Waals surface area (Å²) in [4.78, 5) is 0. The van der Waals surface area contributed by atoms with Gasteiger partial charge in [0.15, 0.2) is 5.52 Å². The summed E-state index contributed by atoms with van der Waals surface area (Å²) in [5.74, 6) is 0.395. The third-order valence-electron chi connectivity index (χ3n) is 3.56. The van der Waals surface area contributed by atoms with Crippen molar-refractivity contribution in [2.45, 2.75) is 19.1 Å². The molecule has 0 fully saturated rings. The van der Waals surface area contributed by atoms with Gasteiger partial charge in [-0.1, -0.05) is 12.1 Å². The second-order valence-corrected chi connectivity index (χ2v) is 4.88. The van der Waals surface area contributed by atoms with Gasteiger partial charge in [-0.15, -0.1) is 5.10 Å². The maximum Gasteiger partial charge on any atom is 0.416 e. The number of methoxy groups -OCH3 is 1. The van der Waals surface area contributed by atoms with Gasteiger partial charge in [0, 0.05) is 0 Å². The van der Waals surface area contributed by atoms with Crippen LogP contribution < -0.4 is 4.74 Å². The van der Waals surface area contributed by atoms with Crippen LogP contribution in [0.1, 0.15) is 24.1 Å². The summed E-state index contributed by atoms with van der Waals surface area (Å²) in [6, 6.07) is 4.78. The Morgan fingerprint density at radius 1 is 1.23 bits per heavy atom. The molecule has 0 aliphatic carbocycles. The largest absolute Gasteiger partial charge is 0.478 e. The van der Waals surface area contributed by atoms with Crippen molar-refractivity contribution < 1.29 is 17.9 Å². The highest BCUT2D eigenvalue weighted by molar-refractivity contribution is 5.79. The summed E-state index contributed by atoms with van der Waals surface area (Å²) in [6.07, 6.45) is -2.74. The topological polar surface area (TPSA) is 55.7 Å². The van der Waals surface area contributed by atoms with E-state index in [-0.39, 0.29) is 6.04 Å². The fourth-order valence-electron chi connectivity index (χ4n) is 2.35. The lowest BCUT2D eigenvalue weighted by molar-refractivity contribution is -0.137. The van der Waals surface area contributed by atoms with Crippen LogP contribution in [0.2, 0.25) is 0 Å². The molecule has 1 N–H and O–H groups in total. The lowest BCUT2D eigenvalue weighted by atomic mass is 10.1. The van der Waals surface area contributed by atoms with Gasteiger partial charge in [0.1, 0.15) is 5.52 Å². The van der Waals surface area contributed by atoms with Crippen molar-refractivity contribution in [1.82, 2.24) is 20.0 Å². The normalized spacial score (nSPS) is 13.5. The fourth-order valence-corrected chi connectivity index (χ4v) is 2.35. The number of nitrogens with one attached hydrogen (secondary N) is 1. The summed E-state index contributed by atoms with van der Waals surface area (Å²) in [7, 11) is 1.50. The zero-order chi connectivity index (χ0) is 15.9. The number of H-pyrrole nitrogens is 1. The first-order chi connectivity index (χ1) is 10.4. The molecule has 0 amide bonds. The van der Waals surface area contributed by atoms with Crippen LogP contribution in [0.15, 0.2) is 30.5 Å². The molecular formula is C14H13F3N4O. The van der Waals surface area contributed by atoms with Gasteiger partial charge in [0.05, 0.1) is 24.9 Å². The monoisotopic (exact) mass is 310 g/mol. The highest BCUT2D eigenvalue weighted by Crippen LogP contribution is 2.32. The number of rotatable bonds is 3. The molecule has 0 saturated carbocycles. The van der Waals surface area contributed by atoms with E-state index in [1.54, 1.807) is 10.9 Å². The van der Waals surface area contributed by atoms with Crippen molar-refractivity contribution in [2.24, 2.45) is 0 Å². The van der Waals surface area contributed by atoms with Gasteiger partial charge in [-0.25, -0.2) is 0 Å². The van der Waals surface area contributed by atoms with E-state index in [2.05, 4.69) is 15.3 Å². The first-order valence-electron chi connectivity index (χ1n) is 6.54. The van der Waals surface area contributed by atoms with Crippen LogP contribution in [0.3, 0.4) is 0 Å². The van der Waals surface area contributed by atoms with Crippen molar-refractivity contribution in [3.05, 3.63) is 41.6 Å². The smallest absolute Gasteiger partial charge is 0.416 e. The van der Waals surface area contributed by atoms with E-state index in [0.29, 0.717) is 22.5 Å². The quantitative estimate of drug-likeness (QED) is 0.806. The molecule has 3 aromatic rings. The zero-order valence-electron chi connectivity index (χ0n) is 11.8. The van der Waals surface area contributed by atoms with Crippen LogP contribution in [-0.4, -0.2) is 27.1 Å². The molecule has 1 atom stereocenters. The minimum Gasteiger partial charge on any atom is -0.478 e. The Morgan fingerprint density at radius 3 is 2.50 bits per heavy atom. The number of halogens is 3. The highest BCUT2D eigenvalue weighted by Gasteiger charge is 2.30. The molecule has 0 aliphatic heterocycles. The van der Waals surface area contributed by atoms with E-state index in [4.69, 9.17) is 4.74 Å². The molecule has 0 unspecified atom stereocenters. The van der Waals surface area contributed by atoms with E-state index in [0.717, 1.165) is 12.1 Å². The van der Waals surface area contributed by atoms with Gasteiger partial charge in [0.2, 0.25) is 0 Å². The van der Waals surface area contributed by atoms with Crippen LogP contribution in [-0.2, 0) is 6.18 Å².